The molecule has 3 N–H and O–H groups in total. The maximum absolute atomic E-state index is 5.90. The molecule has 0 aliphatic carbocycles. The van der Waals surface area contributed by atoms with E-state index in [1.54, 1.807) is 0 Å². The van der Waals surface area contributed by atoms with Crippen LogP contribution in [0.15, 0.2) is 42.5 Å². The minimum absolute atomic E-state index is 0.770. The minimum Gasteiger partial charge on any atom is -0.397 e. The third-order valence-electron chi connectivity index (χ3n) is 2.54. The number of nitrogens with two attached hydrogens (primary N) is 1. The molecule has 0 aromatic heterocycles. The number of rotatable bonds is 2. The van der Waals surface area contributed by atoms with Crippen LogP contribution < -0.4 is 11.1 Å². The van der Waals surface area contributed by atoms with Crippen LogP contribution in [0, 0.1) is 13.8 Å². The monoisotopic (exact) mass is 212 g/mol. The second kappa shape index (κ2) is 4.27. The average molecular weight is 212 g/mol. The number of benzene rings is 2. The largest absolute Gasteiger partial charge is 0.397 e. The van der Waals surface area contributed by atoms with Gasteiger partial charge in [0.2, 0.25) is 0 Å². The molecule has 0 radical (unpaired) electrons. The quantitative estimate of drug-likeness (QED) is 0.746. The van der Waals surface area contributed by atoms with Crippen molar-refractivity contribution >= 4 is 17.1 Å². The molecule has 0 atom stereocenters. The van der Waals surface area contributed by atoms with Crippen molar-refractivity contribution in [1.82, 2.24) is 0 Å². The summed E-state index contributed by atoms with van der Waals surface area (Å²) in [7, 11) is 0. The molecular weight excluding hydrogens is 196 g/mol. The van der Waals surface area contributed by atoms with E-state index < -0.39 is 0 Å². The van der Waals surface area contributed by atoms with Crippen LogP contribution in [0.4, 0.5) is 17.1 Å². The average Bonchev–Trinajstić information content (AvgIpc) is 2.27. The number of hydrogen-bond acceptors (Lipinski definition) is 2. The van der Waals surface area contributed by atoms with Gasteiger partial charge in [0.05, 0.1) is 11.4 Å². The van der Waals surface area contributed by atoms with Gasteiger partial charge in [0.15, 0.2) is 0 Å². The maximum atomic E-state index is 5.90. The first-order chi connectivity index (χ1) is 7.65. The Balaban J connectivity index is 2.26. The van der Waals surface area contributed by atoms with Gasteiger partial charge in [0, 0.05) is 5.69 Å². The van der Waals surface area contributed by atoms with Crippen molar-refractivity contribution in [2.75, 3.05) is 11.1 Å². The van der Waals surface area contributed by atoms with E-state index in [0.717, 1.165) is 17.1 Å². The summed E-state index contributed by atoms with van der Waals surface area (Å²) < 4.78 is 0. The zero-order valence-corrected chi connectivity index (χ0v) is 9.62. The Hall–Kier alpha value is -1.96. The van der Waals surface area contributed by atoms with Gasteiger partial charge in [-0.3, -0.25) is 0 Å². The fourth-order valence-electron chi connectivity index (χ4n) is 1.57. The van der Waals surface area contributed by atoms with Gasteiger partial charge in [0.1, 0.15) is 0 Å². The SMILES string of the molecule is Cc1ccc(Nc2cc(C)ccc2N)cc1. The van der Waals surface area contributed by atoms with Gasteiger partial charge in [-0.15, -0.1) is 0 Å². The molecule has 2 aromatic carbocycles. The van der Waals surface area contributed by atoms with Crippen LogP contribution in [0.3, 0.4) is 0 Å². The molecule has 2 rings (SSSR count). The Kier molecular flexibility index (Phi) is 2.82. The fourth-order valence-corrected chi connectivity index (χ4v) is 1.57. The molecule has 0 saturated carbocycles. The topological polar surface area (TPSA) is 38.0 Å². The predicted molar refractivity (Wildman–Crippen MR) is 70.1 cm³/mol. The van der Waals surface area contributed by atoms with Gasteiger partial charge in [-0.05, 0) is 43.7 Å². The molecule has 16 heavy (non-hydrogen) atoms. The summed E-state index contributed by atoms with van der Waals surface area (Å²) in [6, 6.07) is 14.2. The first-order valence-corrected chi connectivity index (χ1v) is 5.35. The Labute approximate surface area is 96.1 Å². The molecule has 0 aliphatic rings. The van der Waals surface area contributed by atoms with Gasteiger partial charge >= 0.3 is 0 Å². The van der Waals surface area contributed by atoms with Gasteiger partial charge in [0.25, 0.3) is 0 Å². The molecule has 0 spiro atoms. The van der Waals surface area contributed by atoms with Crippen molar-refractivity contribution in [3.63, 3.8) is 0 Å². The molecule has 0 aliphatic heterocycles. The predicted octanol–water partition coefficient (Wildman–Crippen LogP) is 3.63. The molecule has 0 heterocycles. The second-order valence-corrected chi connectivity index (χ2v) is 4.08. The van der Waals surface area contributed by atoms with Crippen LogP contribution in [-0.4, -0.2) is 0 Å². The summed E-state index contributed by atoms with van der Waals surface area (Å²) in [5, 5.41) is 3.32. The zero-order chi connectivity index (χ0) is 11.5. The van der Waals surface area contributed by atoms with Crippen LogP contribution in [0.5, 0.6) is 0 Å². The smallest absolute Gasteiger partial charge is 0.0620 e. The van der Waals surface area contributed by atoms with Crippen LogP contribution in [0.25, 0.3) is 0 Å². The molecule has 0 saturated heterocycles. The third kappa shape index (κ3) is 2.34. The highest BCUT2D eigenvalue weighted by molar-refractivity contribution is 5.73. The number of aryl methyl sites for hydroxylation is 2. The van der Waals surface area contributed by atoms with Gasteiger partial charge in [-0.1, -0.05) is 23.8 Å². The summed E-state index contributed by atoms with van der Waals surface area (Å²) >= 11 is 0. The van der Waals surface area contributed by atoms with E-state index >= 15 is 0 Å². The molecule has 0 fully saturated rings. The normalized spacial score (nSPS) is 10.1. The number of hydrogen-bond donors (Lipinski definition) is 2. The highest BCUT2D eigenvalue weighted by atomic mass is 14.9. The summed E-state index contributed by atoms with van der Waals surface area (Å²) in [4.78, 5) is 0. The minimum atomic E-state index is 0.770. The van der Waals surface area contributed by atoms with Crippen LogP contribution in [-0.2, 0) is 0 Å². The van der Waals surface area contributed by atoms with Crippen molar-refractivity contribution in [3.8, 4) is 0 Å². The van der Waals surface area contributed by atoms with Crippen molar-refractivity contribution in [3.05, 3.63) is 53.6 Å². The van der Waals surface area contributed by atoms with E-state index in [9.17, 15) is 0 Å². The van der Waals surface area contributed by atoms with E-state index in [1.807, 2.05) is 12.1 Å². The summed E-state index contributed by atoms with van der Waals surface area (Å²) in [6.07, 6.45) is 0. The molecule has 2 nitrogen and oxygen atoms in total. The molecule has 0 unspecified atom stereocenters. The number of nitrogen functional groups attached to an aromatic ring is 1. The van der Waals surface area contributed by atoms with Gasteiger partial charge in [-0.25, -0.2) is 0 Å². The van der Waals surface area contributed by atoms with Crippen molar-refractivity contribution in [1.29, 1.82) is 0 Å². The molecule has 0 amide bonds. The van der Waals surface area contributed by atoms with E-state index in [0.29, 0.717) is 0 Å². The fraction of sp³-hybridized carbons (Fsp3) is 0.143. The Morgan fingerprint density at radius 3 is 2.19 bits per heavy atom. The van der Waals surface area contributed by atoms with Gasteiger partial charge in [-0.2, -0.15) is 0 Å². The molecule has 0 bridgehead atoms. The van der Waals surface area contributed by atoms with E-state index in [4.69, 9.17) is 5.73 Å². The first kappa shape index (κ1) is 10.6. The first-order valence-electron chi connectivity index (χ1n) is 5.35. The highest BCUT2D eigenvalue weighted by Gasteiger charge is 1.99. The van der Waals surface area contributed by atoms with E-state index in [1.165, 1.54) is 11.1 Å². The van der Waals surface area contributed by atoms with Crippen LogP contribution in [0.2, 0.25) is 0 Å². The molecule has 82 valence electrons. The zero-order valence-electron chi connectivity index (χ0n) is 9.62. The standard InChI is InChI=1S/C14H16N2/c1-10-3-6-12(7-4-10)16-14-9-11(2)5-8-13(14)15/h3-9,16H,15H2,1-2H3. The van der Waals surface area contributed by atoms with Crippen molar-refractivity contribution < 1.29 is 0 Å². The summed E-state index contributed by atoms with van der Waals surface area (Å²) in [5.41, 5.74) is 11.1. The second-order valence-electron chi connectivity index (χ2n) is 4.08. The summed E-state index contributed by atoms with van der Waals surface area (Å²) in [6.45, 7) is 4.13. The highest BCUT2D eigenvalue weighted by Crippen LogP contribution is 2.24. The van der Waals surface area contributed by atoms with E-state index in [2.05, 4.69) is 49.5 Å². The molecule has 2 heteroatoms. The lowest BCUT2D eigenvalue weighted by Crippen LogP contribution is -1.96. The molecular formula is C14H16N2. The lowest BCUT2D eigenvalue weighted by Gasteiger charge is -2.10. The third-order valence-corrected chi connectivity index (χ3v) is 2.54. The van der Waals surface area contributed by atoms with Crippen LogP contribution >= 0.6 is 0 Å². The Morgan fingerprint density at radius 2 is 1.50 bits per heavy atom. The Morgan fingerprint density at radius 1 is 0.875 bits per heavy atom. The number of nitrogens with one attached hydrogen (secondary N) is 1. The Bertz CT molecular complexity index is 487. The maximum Gasteiger partial charge on any atom is 0.0620 e. The van der Waals surface area contributed by atoms with Crippen molar-refractivity contribution in [2.24, 2.45) is 0 Å². The van der Waals surface area contributed by atoms with Gasteiger partial charge < -0.3 is 11.1 Å². The van der Waals surface area contributed by atoms with Crippen molar-refractivity contribution in [2.45, 2.75) is 13.8 Å². The lowest BCUT2D eigenvalue weighted by atomic mass is 10.1. The molecule has 2 aromatic rings. The summed E-state index contributed by atoms with van der Waals surface area (Å²) in [5.74, 6) is 0. The lowest BCUT2D eigenvalue weighted by molar-refractivity contribution is 1.43. The van der Waals surface area contributed by atoms with E-state index in [-0.39, 0.29) is 0 Å². The number of anilines is 3. The van der Waals surface area contributed by atoms with Crippen LogP contribution in [0.1, 0.15) is 11.1 Å².